The first kappa shape index (κ1) is 16.1. The molecule has 0 aliphatic heterocycles. The molecule has 2 aromatic carbocycles. The van der Waals surface area contributed by atoms with Crippen molar-refractivity contribution >= 4 is 51.8 Å². The van der Waals surface area contributed by atoms with Crippen molar-refractivity contribution in [1.29, 1.82) is 0 Å². The number of aryl methyl sites for hydroxylation is 1. The smallest absolute Gasteiger partial charge is 0.223 e. The van der Waals surface area contributed by atoms with E-state index in [1.165, 1.54) is 9.13 Å². The summed E-state index contributed by atoms with van der Waals surface area (Å²) in [4.78, 5) is 9.67. The van der Waals surface area contributed by atoms with Crippen LogP contribution in [0.2, 0.25) is 0 Å². The highest BCUT2D eigenvalue weighted by Gasteiger charge is 2.06. The van der Waals surface area contributed by atoms with Crippen molar-refractivity contribution in [2.75, 3.05) is 11.1 Å². The summed E-state index contributed by atoms with van der Waals surface area (Å²) in [5.74, 6) is 0.950. The highest BCUT2D eigenvalue weighted by atomic mass is 127. The van der Waals surface area contributed by atoms with Gasteiger partial charge in [-0.2, -0.15) is 4.98 Å². The number of hydrogen-bond acceptors (Lipinski definition) is 5. The molecule has 0 bridgehead atoms. The maximum Gasteiger partial charge on any atom is 0.223 e. The lowest BCUT2D eigenvalue weighted by molar-refractivity contribution is 1.07. The molecular weight excluding hydrogens is 419 g/mol. The number of nitrogens with zero attached hydrogens (tertiary/aromatic N) is 2. The second kappa shape index (κ2) is 7.18. The average molecular weight is 434 g/mol. The van der Waals surface area contributed by atoms with Crippen molar-refractivity contribution in [2.24, 2.45) is 0 Å². The minimum atomic E-state index is 0.259. The number of anilines is 3. The molecular formula is C17H15IN4S. The lowest BCUT2D eigenvalue weighted by atomic mass is 10.2. The molecule has 1 aromatic heterocycles. The van der Waals surface area contributed by atoms with Crippen LogP contribution in [0, 0.1) is 10.5 Å². The number of nitrogen functional groups attached to an aromatic ring is 1. The Hall–Kier alpha value is -1.80. The molecule has 0 atom stereocenters. The fraction of sp³-hybridized carbons (Fsp3) is 0.0588. The van der Waals surface area contributed by atoms with Gasteiger partial charge in [-0.1, -0.05) is 36.0 Å². The molecule has 6 heteroatoms. The van der Waals surface area contributed by atoms with Gasteiger partial charge >= 0.3 is 0 Å². The highest BCUT2D eigenvalue weighted by molar-refractivity contribution is 14.1. The zero-order valence-corrected chi connectivity index (χ0v) is 15.4. The van der Waals surface area contributed by atoms with Crippen LogP contribution < -0.4 is 11.1 Å². The topological polar surface area (TPSA) is 63.8 Å². The zero-order chi connectivity index (χ0) is 16.2. The first-order valence-corrected chi connectivity index (χ1v) is 8.90. The van der Waals surface area contributed by atoms with Crippen LogP contribution in [0.4, 0.5) is 17.5 Å². The van der Waals surface area contributed by atoms with E-state index in [4.69, 9.17) is 5.73 Å². The first-order valence-electron chi connectivity index (χ1n) is 7.01. The minimum absolute atomic E-state index is 0.259. The fourth-order valence-electron chi connectivity index (χ4n) is 1.99. The summed E-state index contributed by atoms with van der Waals surface area (Å²) in [6.45, 7) is 2.09. The molecule has 0 fully saturated rings. The molecule has 0 radical (unpaired) electrons. The Morgan fingerprint density at radius 1 is 1.04 bits per heavy atom. The molecule has 3 rings (SSSR count). The van der Waals surface area contributed by atoms with E-state index in [2.05, 4.69) is 56.9 Å². The minimum Gasteiger partial charge on any atom is -0.368 e. The van der Waals surface area contributed by atoms with Gasteiger partial charge in [0.1, 0.15) is 10.8 Å². The summed E-state index contributed by atoms with van der Waals surface area (Å²) in [5.41, 5.74) is 8.07. The Bertz CT molecular complexity index is 824. The summed E-state index contributed by atoms with van der Waals surface area (Å²) in [5, 5.41) is 4.10. The van der Waals surface area contributed by atoms with Gasteiger partial charge in [0.05, 0.1) is 0 Å². The molecule has 0 spiro atoms. The van der Waals surface area contributed by atoms with Gasteiger partial charge in [0.25, 0.3) is 0 Å². The summed E-state index contributed by atoms with van der Waals surface area (Å²) in [7, 11) is 0. The van der Waals surface area contributed by atoms with Gasteiger partial charge in [-0.25, -0.2) is 4.98 Å². The Labute approximate surface area is 153 Å². The molecule has 116 valence electrons. The Kier molecular flexibility index (Phi) is 5.02. The monoisotopic (exact) mass is 434 g/mol. The Balaban J connectivity index is 1.83. The molecule has 0 aliphatic rings. The number of rotatable bonds is 4. The lowest BCUT2D eigenvalue weighted by Crippen LogP contribution is -2.01. The highest BCUT2D eigenvalue weighted by Crippen LogP contribution is 2.28. The van der Waals surface area contributed by atoms with Crippen LogP contribution in [-0.4, -0.2) is 9.97 Å². The van der Waals surface area contributed by atoms with Gasteiger partial charge in [-0.05, 0) is 59.3 Å². The molecule has 3 N–H and O–H groups in total. The lowest BCUT2D eigenvalue weighted by Gasteiger charge is -2.09. The van der Waals surface area contributed by atoms with Gasteiger partial charge in [0.2, 0.25) is 5.95 Å². The van der Waals surface area contributed by atoms with Crippen molar-refractivity contribution in [3.63, 3.8) is 0 Å². The predicted molar refractivity (Wildman–Crippen MR) is 104 cm³/mol. The number of nitrogens with two attached hydrogens (primary N) is 1. The number of benzene rings is 2. The molecule has 0 amide bonds. The average Bonchev–Trinajstić information content (AvgIpc) is 2.51. The predicted octanol–water partition coefficient (Wildman–Crippen LogP) is 4.87. The van der Waals surface area contributed by atoms with Gasteiger partial charge < -0.3 is 11.1 Å². The van der Waals surface area contributed by atoms with Crippen LogP contribution in [0.15, 0.2) is 64.5 Å². The van der Waals surface area contributed by atoms with Crippen molar-refractivity contribution < 1.29 is 0 Å². The third kappa shape index (κ3) is 4.35. The van der Waals surface area contributed by atoms with Crippen LogP contribution >= 0.6 is 34.4 Å². The largest absolute Gasteiger partial charge is 0.368 e. The van der Waals surface area contributed by atoms with Crippen LogP contribution in [0.1, 0.15) is 5.56 Å². The molecule has 0 saturated carbocycles. The van der Waals surface area contributed by atoms with Crippen LogP contribution in [0.25, 0.3) is 0 Å². The normalized spacial score (nSPS) is 10.5. The van der Waals surface area contributed by atoms with Gasteiger partial charge in [0.15, 0.2) is 0 Å². The van der Waals surface area contributed by atoms with E-state index < -0.39 is 0 Å². The molecule has 0 saturated heterocycles. The second-order valence-electron chi connectivity index (χ2n) is 4.95. The number of aromatic nitrogens is 2. The van der Waals surface area contributed by atoms with Crippen molar-refractivity contribution in [3.05, 3.63) is 63.7 Å². The summed E-state index contributed by atoms with van der Waals surface area (Å²) in [6.07, 6.45) is 0. The molecule has 0 aliphatic carbocycles. The standard InChI is InChI=1S/C17H15IN4S/c1-11-7-8-12(9-14(11)18)20-15-10-16(22-17(19)21-15)23-13-5-3-2-4-6-13/h2-10H,1H3,(H3,19,20,21,22). The van der Waals surface area contributed by atoms with Crippen LogP contribution in [0.3, 0.4) is 0 Å². The van der Waals surface area contributed by atoms with Crippen LogP contribution in [0.5, 0.6) is 0 Å². The maximum absolute atomic E-state index is 5.84. The van der Waals surface area contributed by atoms with Gasteiger partial charge in [0, 0.05) is 20.2 Å². The summed E-state index contributed by atoms with van der Waals surface area (Å²) < 4.78 is 1.20. The van der Waals surface area contributed by atoms with Gasteiger partial charge in [-0.3, -0.25) is 0 Å². The van der Waals surface area contributed by atoms with Crippen molar-refractivity contribution in [1.82, 2.24) is 9.97 Å². The van der Waals surface area contributed by atoms with Crippen molar-refractivity contribution in [2.45, 2.75) is 16.8 Å². The summed E-state index contributed by atoms with van der Waals surface area (Å²) >= 11 is 3.88. The fourth-order valence-corrected chi connectivity index (χ4v) is 3.35. The molecule has 3 aromatic rings. The molecule has 4 nitrogen and oxygen atoms in total. The van der Waals surface area contributed by atoms with E-state index in [9.17, 15) is 0 Å². The Morgan fingerprint density at radius 2 is 1.83 bits per heavy atom. The molecule has 0 unspecified atom stereocenters. The summed E-state index contributed by atoms with van der Waals surface area (Å²) in [6, 6.07) is 18.2. The number of hydrogen-bond donors (Lipinski definition) is 2. The Morgan fingerprint density at radius 3 is 2.57 bits per heavy atom. The second-order valence-corrected chi connectivity index (χ2v) is 7.21. The van der Waals surface area contributed by atoms with Crippen molar-refractivity contribution in [3.8, 4) is 0 Å². The molecule has 23 heavy (non-hydrogen) atoms. The SMILES string of the molecule is Cc1ccc(Nc2cc(Sc3ccccc3)nc(N)n2)cc1I. The van der Waals surface area contributed by atoms with E-state index in [1.807, 2.05) is 42.5 Å². The third-order valence-electron chi connectivity index (χ3n) is 3.13. The quantitative estimate of drug-likeness (QED) is 0.453. The van der Waals surface area contributed by atoms with E-state index in [0.717, 1.165) is 15.6 Å². The van der Waals surface area contributed by atoms with E-state index >= 15 is 0 Å². The van der Waals surface area contributed by atoms with Crippen LogP contribution in [-0.2, 0) is 0 Å². The molecule has 1 heterocycles. The van der Waals surface area contributed by atoms with E-state index in [0.29, 0.717) is 5.82 Å². The third-order valence-corrected chi connectivity index (χ3v) is 5.22. The zero-order valence-electron chi connectivity index (χ0n) is 12.5. The van der Waals surface area contributed by atoms with E-state index in [-0.39, 0.29) is 5.95 Å². The maximum atomic E-state index is 5.84. The number of halogens is 1. The van der Waals surface area contributed by atoms with Gasteiger partial charge in [-0.15, -0.1) is 0 Å². The number of nitrogens with one attached hydrogen (secondary N) is 1. The first-order chi connectivity index (χ1) is 11.1. The van der Waals surface area contributed by atoms with E-state index in [1.54, 1.807) is 11.8 Å².